The molecule has 0 aromatic carbocycles. The van der Waals surface area contributed by atoms with Gasteiger partial charge in [-0.15, -0.1) is 0 Å². The van der Waals surface area contributed by atoms with E-state index in [-0.39, 0.29) is 51.9 Å². The van der Waals surface area contributed by atoms with Gasteiger partial charge in [-0.3, -0.25) is 9.13 Å². The van der Waals surface area contributed by atoms with Crippen LogP contribution in [0.25, 0.3) is 0 Å². The number of rotatable bonds is 16. The number of quaternary nitrogens is 2. The maximum Gasteiger partial charge on any atom is 0.267 e. The van der Waals surface area contributed by atoms with E-state index >= 15 is 0 Å². The van der Waals surface area contributed by atoms with Gasteiger partial charge >= 0.3 is 0 Å². The summed E-state index contributed by atoms with van der Waals surface area (Å²) < 4.78 is 45.8. The van der Waals surface area contributed by atoms with Crippen LogP contribution in [0.3, 0.4) is 0 Å². The Hall–Kier alpha value is 0.1000. The summed E-state index contributed by atoms with van der Waals surface area (Å²) >= 11 is 0. The van der Waals surface area contributed by atoms with E-state index < -0.39 is 15.6 Å². The molecule has 0 heterocycles. The highest BCUT2D eigenvalue weighted by atomic mass is 31.2. The number of phosphoric ester groups is 2. The summed E-state index contributed by atoms with van der Waals surface area (Å²) in [5, 5.41) is 0. The fourth-order valence-corrected chi connectivity index (χ4v) is 2.68. The predicted molar refractivity (Wildman–Crippen MR) is 91.6 cm³/mol. The molecule has 0 saturated heterocycles. The molecule has 0 aliphatic carbocycles. The molecule has 8 N–H and O–H groups in total. The Balaban J connectivity index is -0.00000242. The molecule has 0 amide bonds. The van der Waals surface area contributed by atoms with Gasteiger partial charge in [0.1, 0.15) is 0 Å². The quantitative estimate of drug-likeness (QED) is 0.282. The van der Waals surface area contributed by atoms with Crippen LogP contribution in [0.5, 0.6) is 0 Å². The second-order valence-electron chi connectivity index (χ2n) is 4.55. The van der Waals surface area contributed by atoms with Gasteiger partial charge in [-0.2, -0.15) is 0 Å². The minimum absolute atomic E-state index is 0. The molecule has 0 aliphatic rings. The molecule has 0 rings (SSSR count). The van der Waals surface area contributed by atoms with Gasteiger partial charge in [0, 0.05) is 0 Å². The average Bonchev–Trinajstić information content (AvgIpc) is 2.46. The van der Waals surface area contributed by atoms with E-state index in [0.717, 1.165) is 12.8 Å². The minimum atomic E-state index is -4.30. The number of hydrogen-bond acceptors (Lipinski definition) is 9. The summed E-state index contributed by atoms with van der Waals surface area (Å²) in [4.78, 5) is 22.5. The van der Waals surface area contributed by atoms with Crippen molar-refractivity contribution >= 4 is 15.6 Å². The molecule has 0 fully saturated rings. The Morgan fingerprint density at radius 3 is 1.28 bits per heavy atom. The molecular weight excluding hydrogens is 378 g/mol. The van der Waals surface area contributed by atoms with E-state index in [0.29, 0.717) is 12.8 Å². The third-order valence-corrected chi connectivity index (χ3v) is 4.44. The third-order valence-electron chi connectivity index (χ3n) is 2.45. The maximum atomic E-state index is 11.3. The average molecular weight is 412 g/mol. The van der Waals surface area contributed by atoms with Crippen molar-refractivity contribution in [3.05, 3.63) is 0 Å². The second-order valence-corrected chi connectivity index (χ2v) is 7.37. The fourth-order valence-electron chi connectivity index (χ4n) is 1.23. The Morgan fingerprint density at radius 2 is 0.960 bits per heavy atom. The van der Waals surface area contributed by atoms with Crippen LogP contribution in [-0.2, 0) is 32.0 Å². The zero-order chi connectivity index (χ0) is 17.6. The Kier molecular flexibility index (Phi) is 20.9. The highest BCUT2D eigenvalue weighted by Gasteiger charge is 2.10. The van der Waals surface area contributed by atoms with E-state index in [9.17, 15) is 18.9 Å². The monoisotopic (exact) mass is 412 g/mol. The Labute approximate surface area is 149 Å². The fraction of sp³-hybridized carbons (Fsp3) is 1.00. The predicted octanol–water partition coefficient (Wildman–Crippen LogP) is 2.36. The number of hydrogen-bond donors (Lipinski definition) is 2. The van der Waals surface area contributed by atoms with E-state index in [1.165, 1.54) is 0 Å². The van der Waals surface area contributed by atoms with Crippen LogP contribution in [0.1, 0.15) is 39.5 Å². The van der Waals surface area contributed by atoms with E-state index in [2.05, 4.69) is 18.1 Å². The highest BCUT2D eigenvalue weighted by molar-refractivity contribution is 7.46. The van der Waals surface area contributed by atoms with Crippen molar-refractivity contribution in [3.8, 4) is 0 Å². The molecule has 0 aliphatic heterocycles. The van der Waals surface area contributed by atoms with Crippen molar-refractivity contribution in [1.29, 1.82) is 0 Å². The topological polar surface area (TPSA) is 199 Å². The van der Waals surface area contributed by atoms with Gasteiger partial charge in [0.05, 0.1) is 39.6 Å². The minimum Gasteiger partial charge on any atom is -0.756 e. The lowest BCUT2D eigenvalue weighted by molar-refractivity contribution is -0.226. The van der Waals surface area contributed by atoms with Crippen LogP contribution in [0.4, 0.5) is 0 Å². The molecular formula is C12H34N2O9P2. The molecule has 156 valence electrons. The SMILES string of the molecule is CCCCOP(=O)([O-])OCCOCCOP(=O)([O-])OCCCC.[NH4+].[NH4+]. The second kappa shape index (κ2) is 17.5. The summed E-state index contributed by atoms with van der Waals surface area (Å²) in [6, 6.07) is 0. The summed E-state index contributed by atoms with van der Waals surface area (Å²) in [5.74, 6) is 0. The van der Waals surface area contributed by atoms with E-state index in [4.69, 9.17) is 4.74 Å². The molecule has 11 nitrogen and oxygen atoms in total. The molecule has 0 aromatic rings. The van der Waals surface area contributed by atoms with Crippen LogP contribution in [0.15, 0.2) is 0 Å². The first-order valence-corrected chi connectivity index (χ1v) is 10.5. The molecule has 0 aromatic heterocycles. The first-order chi connectivity index (χ1) is 10.8. The van der Waals surface area contributed by atoms with E-state index in [1.807, 2.05) is 13.8 Å². The van der Waals surface area contributed by atoms with Crippen molar-refractivity contribution in [3.63, 3.8) is 0 Å². The Bertz CT molecular complexity index is 354. The standard InChI is InChI=1S/C12H28O9P2.2H3N/c1-3-5-7-18-22(13,14)20-11-9-17-10-12-21-23(15,16)19-8-6-4-2;;/h3-12H2,1-2H3,(H,13,14)(H,15,16);2*1H3. The number of unbranched alkanes of at least 4 members (excludes halogenated alkanes) is 2. The van der Waals surface area contributed by atoms with E-state index in [1.54, 1.807) is 0 Å². The smallest absolute Gasteiger partial charge is 0.267 e. The van der Waals surface area contributed by atoms with Crippen molar-refractivity contribution in [2.24, 2.45) is 0 Å². The van der Waals surface area contributed by atoms with Gasteiger partial charge < -0.3 is 44.9 Å². The van der Waals surface area contributed by atoms with Gasteiger partial charge in [-0.25, -0.2) is 0 Å². The molecule has 0 saturated carbocycles. The molecule has 0 bridgehead atoms. The number of phosphoric acid groups is 2. The largest absolute Gasteiger partial charge is 0.756 e. The van der Waals surface area contributed by atoms with Crippen molar-refractivity contribution in [2.45, 2.75) is 39.5 Å². The van der Waals surface area contributed by atoms with Crippen molar-refractivity contribution in [2.75, 3.05) is 39.6 Å². The molecule has 25 heavy (non-hydrogen) atoms. The van der Waals surface area contributed by atoms with Gasteiger partial charge in [0.15, 0.2) is 0 Å². The molecule has 2 unspecified atom stereocenters. The summed E-state index contributed by atoms with van der Waals surface area (Å²) in [7, 11) is -8.59. The van der Waals surface area contributed by atoms with Crippen LogP contribution in [0, 0.1) is 0 Å². The van der Waals surface area contributed by atoms with Crippen molar-refractivity contribution < 1.29 is 41.7 Å². The highest BCUT2D eigenvalue weighted by Crippen LogP contribution is 2.38. The summed E-state index contributed by atoms with van der Waals surface area (Å²) in [6.45, 7) is 3.49. The van der Waals surface area contributed by atoms with Gasteiger partial charge in [0.2, 0.25) is 0 Å². The van der Waals surface area contributed by atoms with Gasteiger partial charge in [-0.1, -0.05) is 26.7 Å². The summed E-state index contributed by atoms with van der Waals surface area (Å²) in [5.41, 5.74) is 0. The Morgan fingerprint density at radius 1 is 0.640 bits per heavy atom. The first kappa shape index (κ1) is 29.8. The zero-order valence-electron chi connectivity index (χ0n) is 15.6. The zero-order valence-corrected chi connectivity index (χ0v) is 17.4. The molecule has 13 heteroatoms. The first-order valence-electron chi connectivity index (χ1n) is 7.61. The lowest BCUT2D eigenvalue weighted by Crippen LogP contribution is -2.15. The molecule has 0 radical (unpaired) electrons. The maximum absolute atomic E-state index is 11.3. The number of ether oxygens (including phenoxy) is 1. The lowest BCUT2D eigenvalue weighted by atomic mass is 10.4. The molecule has 0 spiro atoms. The van der Waals surface area contributed by atoms with Crippen LogP contribution in [0.2, 0.25) is 0 Å². The third kappa shape index (κ3) is 20.3. The lowest BCUT2D eigenvalue weighted by Gasteiger charge is -2.23. The normalized spacial score (nSPS) is 15.5. The van der Waals surface area contributed by atoms with Gasteiger partial charge in [-0.05, 0) is 12.8 Å². The van der Waals surface area contributed by atoms with Crippen LogP contribution >= 0.6 is 15.6 Å². The van der Waals surface area contributed by atoms with Crippen LogP contribution < -0.4 is 22.1 Å². The van der Waals surface area contributed by atoms with Crippen molar-refractivity contribution in [1.82, 2.24) is 12.3 Å². The molecule has 2 atom stereocenters. The van der Waals surface area contributed by atoms with Gasteiger partial charge in [0.25, 0.3) is 15.6 Å². The van der Waals surface area contributed by atoms with Crippen LogP contribution in [-0.4, -0.2) is 39.6 Å². The summed E-state index contributed by atoms with van der Waals surface area (Å²) in [6.07, 6.45) is 2.88.